The molecule has 0 unspecified atom stereocenters. The van der Waals surface area contributed by atoms with Crippen molar-refractivity contribution in [1.29, 1.82) is 0 Å². The molecule has 2 aromatic carbocycles. The number of halogens is 3. The summed E-state index contributed by atoms with van der Waals surface area (Å²) in [5, 5.41) is 10.4. The van der Waals surface area contributed by atoms with E-state index in [-0.39, 0.29) is 16.5 Å². The number of rotatable bonds is 4. The number of nitrogen functional groups attached to an aromatic ring is 1. The van der Waals surface area contributed by atoms with Crippen LogP contribution in [0.1, 0.15) is 10.4 Å². The molecule has 0 atom stereocenters. The lowest BCUT2D eigenvalue weighted by atomic mass is 10.1. The van der Waals surface area contributed by atoms with Crippen molar-refractivity contribution in [2.24, 2.45) is 0 Å². The molecule has 0 aliphatic heterocycles. The number of ether oxygens (including phenoxy) is 2. The molecule has 0 fully saturated rings. The number of carbonyl (C=O) groups excluding carboxylic acids is 1. The predicted molar refractivity (Wildman–Crippen MR) is 85.3 cm³/mol. The Balaban J connectivity index is 2.60. The number of hydrogen-bond acceptors (Lipinski definition) is 6. The second-order valence-electron chi connectivity index (χ2n) is 4.40. The molecule has 0 aromatic heterocycles. The highest BCUT2D eigenvalue weighted by Crippen LogP contribution is 2.41. The van der Waals surface area contributed by atoms with Crippen molar-refractivity contribution in [3.63, 3.8) is 0 Å². The highest BCUT2D eigenvalue weighted by molar-refractivity contribution is 6.36. The summed E-state index contributed by atoms with van der Waals surface area (Å²) in [5.74, 6) is -2.53. The number of esters is 1. The van der Waals surface area contributed by atoms with Crippen LogP contribution < -0.4 is 10.5 Å². The lowest BCUT2D eigenvalue weighted by Gasteiger charge is -2.13. The highest BCUT2D eigenvalue weighted by Gasteiger charge is 2.28. The molecule has 24 heavy (non-hydrogen) atoms. The van der Waals surface area contributed by atoms with E-state index in [9.17, 15) is 19.3 Å². The second kappa shape index (κ2) is 6.90. The van der Waals surface area contributed by atoms with Crippen molar-refractivity contribution < 1.29 is 23.6 Å². The van der Waals surface area contributed by atoms with Crippen LogP contribution in [0.5, 0.6) is 11.5 Å². The van der Waals surface area contributed by atoms with Gasteiger partial charge in [-0.1, -0.05) is 23.2 Å². The van der Waals surface area contributed by atoms with Gasteiger partial charge in [0.25, 0.3) is 5.69 Å². The number of anilines is 1. The summed E-state index contributed by atoms with van der Waals surface area (Å²) in [5.41, 5.74) is 4.51. The fourth-order valence-electron chi connectivity index (χ4n) is 1.83. The first-order valence-electron chi connectivity index (χ1n) is 6.24. The minimum absolute atomic E-state index is 0.0549. The van der Waals surface area contributed by atoms with Gasteiger partial charge in [0.1, 0.15) is 15.8 Å². The first kappa shape index (κ1) is 17.8. The largest absolute Gasteiger partial charge is 0.465 e. The molecule has 0 aliphatic carbocycles. The third-order valence-electron chi connectivity index (χ3n) is 2.96. The summed E-state index contributed by atoms with van der Waals surface area (Å²) in [6.45, 7) is 0. The van der Waals surface area contributed by atoms with Crippen molar-refractivity contribution in [3.05, 3.63) is 55.8 Å². The molecule has 0 spiro atoms. The Labute approximate surface area is 144 Å². The van der Waals surface area contributed by atoms with Gasteiger partial charge in [-0.25, -0.2) is 9.18 Å². The van der Waals surface area contributed by atoms with Crippen molar-refractivity contribution in [2.75, 3.05) is 12.8 Å². The maximum atomic E-state index is 13.9. The van der Waals surface area contributed by atoms with Crippen LogP contribution in [-0.4, -0.2) is 18.0 Å². The van der Waals surface area contributed by atoms with E-state index in [1.165, 1.54) is 6.07 Å². The van der Waals surface area contributed by atoms with Crippen LogP contribution in [0, 0.1) is 15.9 Å². The quantitative estimate of drug-likeness (QED) is 0.372. The topological polar surface area (TPSA) is 105 Å². The van der Waals surface area contributed by atoms with E-state index in [1.807, 2.05) is 0 Å². The van der Waals surface area contributed by atoms with Crippen molar-refractivity contribution in [3.8, 4) is 11.5 Å². The molecule has 0 heterocycles. The molecule has 0 bridgehead atoms. The zero-order chi connectivity index (χ0) is 18.0. The average Bonchev–Trinajstić information content (AvgIpc) is 2.55. The van der Waals surface area contributed by atoms with E-state index in [2.05, 4.69) is 4.74 Å². The van der Waals surface area contributed by atoms with E-state index in [4.69, 9.17) is 33.7 Å². The van der Waals surface area contributed by atoms with Gasteiger partial charge < -0.3 is 15.2 Å². The van der Waals surface area contributed by atoms with E-state index in [1.54, 1.807) is 0 Å². The number of hydrogen-bond donors (Lipinski definition) is 1. The summed E-state index contributed by atoms with van der Waals surface area (Å²) < 4.78 is 23.6. The van der Waals surface area contributed by atoms with E-state index in [0.29, 0.717) is 0 Å². The van der Waals surface area contributed by atoms with Crippen LogP contribution in [0.4, 0.5) is 15.8 Å². The van der Waals surface area contributed by atoms with Gasteiger partial charge in [-0.15, -0.1) is 0 Å². The fraction of sp³-hybridized carbons (Fsp3) is 0.0714. The highest BCUT2D eigenvalue weighted by atomic mass is 35.5. The first-order chi connectivity index (χ1) is 11.3. The van der Waals surface area contributed by atoms with Crippen LogP contribution in [0.15, 0.2) is 24.3 Å². The monoisotopic (exact) mass is 374 g/mol. The molecule has 0 aliphatic rings. The predicted octanol–water partition coefficient (Wildman–Crippen LogP) is 4.20. The minimum atomic E-state index is -1.05. The summed E-state index contributed by atoms with van der Waals surface area (Å²) in [6, 6.07) is 4.34. The van der Waals surface area contributed by atoms with Crippen molar-refractivity contribution in [1.82, 2.24) is 0 Å². The Morgan fingerprint density at radius 3 is 2.50 bits per heavy atom. The average molecular weight is 375 g/mol. The summed E-state index contributed by atoms with van der Waals surface area (Å²) in [4.78, 5) is 22.0. The first-order valence-corrected chi connectivity index (χ1v) is 7.00. The van der Waals surface area contributed by atoms with E-state index in [0.717, 1.165) is 25.3 Å². The molecule has 126 valence electrons. The van der Waals surface area contributed by atoms with Gasteiger partial charge in [0.05, 0.1) is 17.7 Å². The third kappa shape index (κ3) is 3.19. The smallest absolute Gasteiger partial charge is 0.346 e. The molecular formula is C14H9Cl2FN2O5. The zero-order valence-corrected chi connectivity index (χ0v) is 13.5. The number of nitro benzene ring substituents is 1. The number of nitrogens with two attached hydrogens (primary N) is 1. The Bertz CT molecular complexity index is 844. The Kier molecular flexibility index (Phi) is 5.10. The van der Waals surface area contributed by atoms with Crippen LogP contribution in [0.2, 0.25) is 10.0 Å². The molecule has 0 saturated carbocycles. The van der Waals surface area contributed by atoms with Crippen molar-refractivity contribution >= 4 is 40.5 Å². The minimum Gasteiger partial charge on any atom is -0.465 e. The Hall–Kier alpha value is -2.58. The lowest BCUT2D eigenvalue weighted by molar-refractivity contribution is -0.385. The zero-order valence-electron chi connectivity index (χ0n) is 12.0. The maximum absolute atomic E-state index is 13.9. The van der Waals surface area contributed by atoms with Gasteiger partial charge >= 0.3 is 5.97 Å². The molecular weight excluding hydrogens is 366 g/mol. The van der Waals surface area contributed by atoms with Gasteiger partial charge in [0.15, 0.2) is 17.1 Å². The van der Waals surface area contributed by atoms with Gasteiger partial charge in [-0.2, -0.15) is 0 Å². The van der Waals surface area contributed by atoms with Gasteiger partial charge in [0, 0.05) is 6.07 Å². The van der Waals surface area contributed by atoms with Gasteiger partial charge in [0.2, 0.25) is 0 Å². The molecule has 0 radical (unpaired) electrons. The molecule has 2 rings (SSSR count). The maximum Gasteiger partial charge on any atom is 0.346 e. The Morgan fingerprint density at radius 1 is 1.25 bits per heavy atom. The SMILES string of the molecule is COC(=O)c1c([N+](=O)[O-])ccc(Oc2c(F)ccc(N)c2Cl)c1Cl. The van der Waals surface area contributed by atoms with Crippen LogP contribution >= 0.6 is 23.2 Å². The molecule has 0 amide bonds. The summed E-state index contributed by atoms with van der Waals surface area (Å²) >= 11 is 11.9. The molecule has 7 nitrogen and oxygen atoms in total. The molecule has 0 saturated heterocycles. The molecule has 10 heteroatoms. The normalized spacial score (nSPS) is 10.3. The van der Waals surface area contributed by atoms with E-state index >= 15 is 0 Å². The van der Waals surface area contributed by atoms with Crippen LogP contribution in [0.25, 0.3) is 0 Å². The van der Waals surface area contributed by atoms with Crippen LogP contribution in [-0.2, 0) is 4.74 Å². The second-order valence-corrected chi connectivity index (χ2v) is 5.16. The number of carbonyl (C=O) groups is 1. The lowest BCUT2D eigenvalue weighted by Crippen LogP contribution is -2.07. The van der Waals surface area contributed by atoms with Crippen LogP contribution in [0.3, 0.4) is 0 Å². The van der Waals surface area contributed by atoms with Crippen molar-refractivity contribution in [2.45, 2.75) is 0 Å². The number of nitrogens with zero attached hydrogens (tertiary/aromatic N) is 1. The number of methoxy groups -OCH3 is 1. The molecule has 2 N–H and O–H groups in total. The van der Waals surface area contributed by atoms with Gasteiger partial charge in [-0.3, -0.25) is 10.1 Å². The van der Waals surface area contributed by atoms with Gasteiger partial charge in [-0.05, 0) is 18.2 Å². The van der Waals surface area contributed by atoms with E-state index < -0.39 is 38.7 Å². The summed E-state index contributed by atoms with van der Waals surface area (Å²) in [6.07, 6.45) is 0. The fourth-order valence-corrected chi connectivity index (χ4v) is 2.29. The standard InChI is InChI=1S/C14H9Cl2FN2O5/c1-23-14(20)10-8(19(21)22)4-5-9(12(10)16)24-13-6(17)2-3-7(18)11(13)15/h2-5H,18H2,1H3. The third-order valence-corrected chi connectivity index (χ3v) is 3.73. The number of nitro groups is 1. The summed E-state index contributed by atoms with van der Waals surface area (Å²) in [7, 11) is 1.03. The number of benzene rings is 2. The molecule has 2 aromatic rings. The Morgan fingerprint density at radius 2 is 1.92 bits per heavy atom.